The van der Waals surface area contributed by atoms with Gasteiger partial charge < -0.3 is 5.32 Å². The van der Waals surface area contributed by atoms with Crippen molar-refractivity contribution in [2.45, 2.75) is 45.1 Å². The first-order valence-electron chi connectivity index (χ1n) is 5.67. The van der Waals surface area contributed by atoms with Crippen molar-refractivity contribution >= 4 is 22.9 Å². The van der Waals surface area contributed by atoms with Crippen LogP contribution in [0.2, 0.25) is 4.34 Å². The van der Waals surface area contributed by atoms with E-state index in [0.29, 0.717) is 6.04 Å². The highest BCUT2D eigenvalue weighted by Gasteiger charge is 2.05. The first kappa shape index (κ1) is 13.0. The number of halogens is 1. The van der Waals surface area contributed by atoms with E-state index in [-0.39, 0.29) is 0 Å². The Bertz CT molecular complexity index is 272. The fraction of sp³-hybridized carbons (Fsp3) is 0.667. The Morgan fingerprint density at radius 3 is 2.73 bits per heavy atom. The molecule has 0 saturated heterocycles. The third kappa shape index (κ3) is 5.01. The summed E-state index contributed by atoms with van der Waals surface area (Å²) in [6.07, 6.45) is 6.22. The van der Waals surface area contributed by atoms with Crippen molar-refractivity contribution in [3.63, 3.8) is 0 Å². The van der Waals surface area contributed by atoms with Gasteiger partial charge in [0, 0.05) is 10.9 Å². The second kappa shape index (κ2) is 7.26. The van der Waals surface area contributed by atoms with Crippen molar-refractivity contribution in [3.8, 4) is 0 Å². The lowest BCUT2D eigenvalue weighted by Crippen LogP contribution is -2.24. The van der Waals surface area contributed by atoms with Crippen LogP contribution in [-0.2, 0) is 6.42 Å². The van der Waals surface area contributed by atoms with Gasteiger partial charge in [-0.25, -0.2) is 0 Å². The van der Waals surface area contributed by atoms with Crippen LogP contribution >= 0.6 is 22.9 Å². The average molecular weight is 246 g/mol. The highest BCUT2D eigenvalue weighted by atomic mass is 35.5. The van der Waals surface area contributed by atoms with Crippen LogP contribution in [0.5, 0.6) is 0 Å². The van der Waals surface area contributed by atoms with E-state index in [0.717, 1.165) is 4.34 Å². The molecule has 1 nitrogen and oxygen atoms in total. The number of nitrogens with one attached hydrogen (secondary N) is 1. The molecule has 1 atom stereocenters. The topological polar surface area (TPSA) is 12.0 Å². The Kier molecular flexibility index (Phi) is 6.30. The zero-order valence-corrected chi connectivity index (χ0v) is 11.1. The SMILES string of the molecule is CCCC(CCCc1ccc(Cl)s1)NC. The third-order valence-corrected chi connectivity index (χ3v) is 3.94. The highest BCUT2D eigenvalue weighted by Crippen LogP contribution is 2.23. The van der Waals surface area contributed by atoms with Crippen molar-refractivity contribution in [2.75, 3.05) is 7.05 Å². The van der Waals surface area contributed by atoms with E-state index in [2.05, 4.69) is 25.4 Å². The quantitative estimate of drug-likeness (QED) is 0.762. The standard InChI is InChI=1S/C12H20ClNS/c1-3-5-10(14-2)6-4-7-11-8-9-12(13)15-11/h8-10,14H,3-7H2,1-2H3. The van der Waals surface area contributed by atoms with Crippen LogP contribution in [-0.4, -0.2) is 13.1 Å². The molecule has 86 valence electrons. The number of rotatable bonds is 7. The predicted molar refractivity (Wildman–Crippen MR) is 70.0 cm³/mol. The summed E-state index contributed by atoms with van der Waals surface area (Å²) in [6.45, 7) is 2.24. The Morgan fingerprint density at radius 1 is 1.40 bits per heavy atom. The summed E-state index contributed by atoms with van der Waals surface area (Å²) >= 11 is 7.59. The molecule has 1 aromatic rings. The van der Waals surface area contributed by atoms with Crippen molar-refractivity contribution in [2.24, 2.45) is 0 Å². The molecule has 0 aliphatic carbocycles. The fourth-order valence-corrected chi connectivity index (χ4v) is 2.92. The number of hydrogen-bond donors (Lipinski definition) is 1. The van der Waals surface area contributed by atoms with E-state index in [4.69, 9.17) is 11.6 Å². The van der Waals surface area contributed by atoms with Crippen molar-refractivity contribution in [1.29, 1.82) is 0 Å². The Balaban J connectivity index is 2.20. The average Bonchev–Trinajstić information content (AvgIpc) is 2.63. The van der Waals surface area contributed by atoms with Gasteiger partial charge in [-0.15, -0.1) is 11.3 Å². The lowest BCUT2D eigenvalue weighted by Gasteiger charge is -2.14. The second-order valence-electron chi connectivity index (χ2n) is 3.87. The van der Waals surface area contributed by atoms with E-state index in [1.165, 1.54) is 37.0 Å². The minimum atomic E-state index is 0.686. The fourth-order valence-electron chi connectivity index (χ4n) is 1.79. The van der Waals surface area contributed by atoms with E-state index in [9.17, 15) is 0 Å². The smallest absolute Gasteiger partial charge is 0.0931 e. The van der Waals surface area contributed by atoms with E-state index >= 15 is 0 Å². The lowest BCUT2D eigenvalue weighted by atomic mass is 10.0. The summed E-state index contributed by atoms with van der Waals surface area (Å²) in [5.41, 5.74) is 0. The molecule has 1 rings (SSSR count). The number of thiophene rings is 1. The first-order valence-corrected chi connectivity index (χ1v) is 6.87. The van der Waals surface area contributed by atoms with E-state index < -0.39 is 0 Å². The maximum atomic E-state index is 5.89. The zero-order valence-electron chi connectivity index (χ0n) is 9.55. The minimum Gasteiger partial charge on any atom is -0.317 e. The Labute approximate surface area is 102 Å². The molecule has 1 heterocycles. The van der Waals surface area contributed by atoms with E-state index in [1.54, 1.807) is 11.3 Å². The van der Waals surface area contributed by atoms with Crippen molar-refractivity contribution < 1.29 is 0 Å². The Morgan fingerprint density at radius 2 is 2.20 bits per heavy atom. The Hall–Kier alpha value is -0.0500. The molecule has 0 aliphatic heterocycles. The monoisotopic (exact) mass is 245 g/mol. The molecule has 1 unspecified atom stereocenters. The van der Waals surface area contributed by atoms with Gasteiger partial charge in [0.25, 0.3) is 0 Å². The third-order valence-electron chi connectivity index (χ3n) is 2.65. The number of hydrogen-bond acceptors (Lipinski definition) is 2. The molecule has 0 amide bonds. The van der Waals surface area contributed by atoms with Crippen LogP contribution < -0.4 is 5.32 Å². The molecule has 0 aliphatic rings. The molecule has 0 saturated carbocycles. The zero-order chi connectivity index (χ0) is 11.1. The summed E-state index contributed by atoms with van der Waals surface area (Å²) in [7, 11) is 2.06. The summed E-state index contributed by atoms with van der Waals surface area (Å²) < 4.78 is 0.906. The largest absolute Gasteiger partial charge is 0.317 e. The van der Waals surface area contributed by atoms with Gasteiger partial charge in [-0.05, 0) is 44.9 Å². The van der Waals surface area contributed by atoms with Crippen LogP contribution in [0.1, 0.15) is 37.5 Å². The van der Waals surface area contributed by atoms with Crippen LogP contribution in [0.4, 0.5) is 0 Å². The molecule has 15 heavy (non-hydrogen) atoms. The maximum Gasteiger partial charge on any atom is 0.0931 e. The van der Waals surface area contributed by atoms with Gasteiger partial charge in [0.15, 0.2) is 0 Å². The van der Waals surface area contributed by atoms with Crippen LogP contribution in [0.25, 0.3) is 0 Å². The molecule has 0 bridgehead atoms. The van der Waals surface area contributed by atoms with Gasteiger partial charge in [-0.1, -0.05) is 24.9 Å². The van der Waals surface area contributed by atoms with Crippen LogP contribution in [0.3, 0.4) is 0 Å². The van der Waals surface area contributed by atoms with Gasteiger partial charge >= 0.3 is 0 Å². The van der Waals surface area contributed by atoms with Gasteiger partial charge in [0.1, 0.15) is 0 Å². The molecular formula is C12H20ClNS. The normalized spacial score (nSPS) is 13.0. The summed E-state index contributed by atoms with van der Waals surface area (Å²) in [5.74, 6) is 0. The highest BCUT2D eigenvalue weighted by molar-refractivity contribution is 7.16. The summed E-state index contributed by atoms with van der Waals surface area (Å²) in [4.78, 5) is 1.41. The van der Waals surface area contributed by atoms with Crippen molar-refractivity contribution in [3.05, 3.63) is 21.3 Å². The van der Waals surface area contributed by atoms with Crippen LogP contribution in [0.15, 0.2) is 12.1 Å². The minimum absolute atomic E-state index is 0.686. The molecule has 1 aromatic heterocycles. The first-order chi connectivity index (χ1) is 7.26. The second-order valence-corrected chi connectivity index (χ2v) is 5.67. The molecule has 1 N–H and O–H groups in total. The molecule has 0 radical (unpaired) electrons. The van der Waals surface area contributed by atoms with Crippen molar-refractivity contribution in [1.82, 2.24) is 5.32 Å². The van der Waals surface area contributed by atoms with Gasteiger partial charge in [-0.3, -0.25) is 0 Å². The lowest BCUT2D eigenvalue weighted by molar-refractivity contribution is 0.470. The number of aryl methyl sites for hydroxylation is 1. The molecule has 3 heteroatoms. The molecule has 0 aromatic carbocycles. The maximum absolute atomic E-state index is 5.89. The molecule has 0 fully saturated rings. The van der Waals surface area contributed by atoms with Crippen LogP contribution in [0, 0.1) is 0 Å². The van der Waals surface area contributed by atoms with E-state index in [1.807, 2.05) is 6.07 Å². The molecule has 0 spiro atoms. The molecular weight excluding hydrogens is 226 g/mol. The predicted octanol–water partition coefficient (Wildman–Crippen LogP) is 4.11. The van der Waals surface area contributed by atoms with Gasteiger partial charge in [0.05, 0.1) is 4.34 Å². The van der Waals surface area contributed by atoms with Gasteiger partial charge in [0.2, 0.25) is 0 Å². The van der Waals surface area contributed by atoms with Gasteiger partial charge in [-0.2, -0.15) is 0 Å². The summed E-state index contributed by atoms with van der Waals surface area (Å²) in [5, 5.41) is 3.37. The summed E-state index contributed by atoms with van der Waals surface area (Å²) in [6, 6.07) is 4.81.